The van der Waals surface area contributed by atoms with Gasteiger partial charge in [-0.25, -0.2) is 4.79 Å². The van der Waals surface area contributed by atoms with Crippen molar-refractivity contribution in [1.29, 1.82) is 0 Å². The highest BCUT2D eigenvalue weighted by molar-refractivity contribution is 7.11. The van der Waals surface area contributed by atoms with E-state index in [1.165, 1.54) is 6.42 Å². The second-order valence-electron chi connectivity index (χ2n) is 4.77. The van der Waals surface area contributed by atoms with E-state index in [2.05, 4.69) is 11.9 Å². The highest BCUT2D eigenvalue weighted by atomic mass is 32.1. The summed E-state index contributed by atoms with van der Waals surface area (Å²) in [5, 5.41) is 0. The fourth-order valence-electron chi connectivity index (χ4n) is 2.29. The minimum Gasteiger partial charge on any atom is -0.458 e. The van der Waals surface area contributed by atoms with E-state index in [0.717, 1.165) is 30.6 Å². The molecule has 2 unspecified atom stereocenters. The average molecular weight is 255 g/mol. The Morgan fingerprint density at radius 2 is 2.24 bits per heavy atom. The van der Waals surface area contributed by atoms with E-state index in [4.69, 9.17) is 4.74 Å². The summed E-state index contributed by atoms with van der Waals surface area (Å²) in [7, 11) is 0. The minimum atomic E-state index is -0.357. The first-order chi connectivity index (χ1) is 8.06. The van der Waals surface area contributed by atoms with E-state index in [0.29, 0.717) is 16.5 Å². The molecule has 2 rings (SSSR count). The molecular formula is C12H17NO3S. The van der Waals surface area contributed by atoms with Crippen molar-refractivity contribution < 1.29 is 9.53 Å². The Morgan fingerprint density at radius 3 is 2.82 bits per heavy atom. The number of hydrogen-bond acceptors (Lipinski definition) is 4. The van der Waals surface area contributed by atoms with Gasteiger partial charge in [-0.3, -0.25) is 4.79 Å². The number of carbonyl (C=O) groups excluding carboxylic acids is 1. The number of carbonyl (C=O) groups is 1. The highest BCUT2D eigenvalue weighted by Crippen LogP contribution is 2.26. The molecule has 0 saturated heterocycles. The molecule has 0 amide bonds. The summed E-state index contributed by atoms with van der Waals surface area (Å²) < 4.78 is 5.45. The molecule has 0 aliphatic heterocycles. The van der Waals surface area contributed by atoms with Gasteiger partial charge in [0.05, 0.1) is 0 Å². The highest BCUT2D eigenvalue weighted by Gasteiger charge is 2.24. The van der Waals surface area contributed by atoms with E-state index in [1.807, 2.05) is 0 Å². The van der Waals surface area contributed by atoms with E-state index in [1.54, 1.807) is 6.92 Å². The standard InChI is InChI=1S/C12H17NO3S/c1-7-4-3-5-9(6-7)16-11(14)10-8(2)13-12(15)17-10/h7,9H,3-6H2,1-2H3,(H,13,15). The smallest absolute Gasteiger partial charge is 0.350 e. The molecule has 1 aliphatic carbocycles. The van der Waals surface area contributed by atoms with Crippen molar-refractivity contribution in [2.45, 2.75) is 45.6 Å². The number of H-pyrrole nitrogens is 1. The lowest BCUT2D eigenvalue weighted by molar-refractivity contribution is 0.0159. The van der Waals surface area contributed by atoms with Crippen LogP contribution in [0.1, 0.15) is 48.0 Å². The summed E-state index contributed by atoms with van der Waals surface area (Å²) in [5.41, 5.74) is 0.605. The molecule has 0 spiro atoms. The van der Waals surface area contributed by atoms with Crippen molar-refractivity contribution in [3.05, 3.63) is 20.2 Å². The van der Waals surface area contributed by atoms with Crippen molar-refractivity contribution in [2.24, 2.45) is 5.92 Å². The Balaban J connectivity index is 2.01. The van der Waals surface area contributed by atoms with Crippen LogP contribution in [0.4, 0.5) is 0 Å². The maximum absolute atomic E-state index is 11.9. The molecule has 2 atom stereocenters. The van der Waals surface area contributed by atoms with Crippen LogP contribution in [-0.4, -0.2) is 17.1 Å². The molecule has 4 nitrogen and oxygen atoms in total. The number of ether oxygens (including phenoxy) is 1. The minimum absolute atomic E-state index is 0.0165. The van der Waals surface area contributed by atoms with Crippen LogP contribution in [0.15, 0.2) is 4.79 Å². The molecule has 1 N–H and O–H groups in total. The normalized spacial score (nSPS) is 24.6. The number of aromatic amines is 1. The zero-order valence-corrected chi connectivity index (χ0v) is 10.9. The van der Waals surface area contributed by atoms with Gasteiger partial charge in [-0.2, -0.15) is 0 Å². The molecule has 0 aromatic carbocycles. The van der Waals surface area contributed by atoms with Crippen LogP contribution in [0, 0.1) is 12.8 Å². The number of thiazole rings is 1. The summed E-state index contributed by atoms with van der Waals surface area (Å²) in [6.45, 7) is 3.90. The van der Waals surface area contributed by atoms with Crippen molar-refractivity contribution in [2.75, 3.05) is 0 Å². The van der Waals surface area contributed by atoms with Crippen molar-refractivity contribution >= 4 is 17.3 Å². The largest absolute Gasteiger partial charge is 0.458 e. The summed E-state index contributed by atoms with van der Waals surface area (Å²) in [5.74, 6) is 0.262. The van der Waals surface area contributed by atoms with Crippen LogP contribution in [-0.2, 0) is 4.74 Å². The van der Waals surface area contributed by atoms with Gasteiger partial charge in [0.25, 0.3) is 0 Å². The third kappa shape index (κ3) is 2.97. The molecule has 1 aromatic heterocycles. The second-order valence-corrected chi connectivity index (χ2v) is 5.75. The first-order valence-corrected chi connectivity index (χ1v) is 6.78. The molecular weight excluding hydrogens is 238 g/mol. The molecule has 1 aliphatic rings. The molecule has 1 heterocycles. The Kier molecular flexibility index (Phi) is 3.66. The lowest BCUT2D eigenvalue weighted by Crippen LogP contribution is -2.24. The van der Waals surface area contributed by atoms with Crippen molar-refractivity contribution in [3.8, 4) is 0 Å². The number of aromatic nitrogens is 1. The third-order valence-corrected chi connectivity index (χ3v) is 4.14. The summed E-state index contributed by atoms with van der Waals surface area (Å²) in [4.78, 5) is 25.8. The summed E-state index contributed by atoms with van der Waals surface area (Å²) >= 11 is 0.926. The van der Waals surface area contributed by atoms with Crippen LogP contribution in [0.2, 0.25) is 0 Å². The number of hydrogen-bond donors (Lipinski definition) is 1. The monoisotopic (exact) mass is 255 g/mol. The third-order valence-electron chi connectivity index (χ3n) is 3.17. The Hall–Kier alpha value is -1.10. The molecule has 0 radical (unpaired) electrons. The van der Waals surface area contributed by atoms with E-state index in [-0.39, 0.29) is 16.9 Å². The summed E-state index contributed by atoms with van der Waals surface area (Å²) in [6.07, 6.45) is 4.22. The van der Waals surface area contributed by atoms with Gasteiger partial charge in [-0.15, -0.1) is 0 Å². The topological polar surface area (TPSA) is 59.2 Å². The first-order valence-electron chi connectivity index (χ1n) is 5.97. The SMILES string of the molecule is Cc1[nH]c(=O)sc1C(=O)OC1CCCC(C)C1. The molecule has 0 bridgehead atoms. The van der Waals surface area contributed by atoms with E-state index < -0.39 is 0 Å². The number of esters is 1. The predicted octanol–water partition coefficient (Wildman–Crippen LogP) is 2.48. The van der Waals surface area contributed by atoms with Crippen molar-refractivity contribution in [1.82, 2.24) is 4.98 Å². The van der Waals surface area contributed by atoms with Crippen LogP contribution < -0.4 is 4.87 Å². The van der Waals surface area contributed by atoms with Gasteiger partial charge < -0.3 is 9.72 Å². The lowest BCUT2D eigenvalue weighted by atomic mass is 9.89. The van der Waals surface area contributed by atoms with Crippen LogP contribution >= 0.6 is 11.3 Å². The molecule has 1 aromatic rings. The maximum atomic E-state index is 11.9. The van der Waals surface area contributed by atoms with Gasteiger partial charge in [0.15, 0.2) is 0 Å². The van der Waals surface area contributed by atoms with Gasteiger partial charge >= 0.3 is 10.8 Å². The average Bonchev–Trinajstić information content (AvgIpc) is 2.58. The number of aryl methyl sites for hydroxylation is 1. The first kappa shape index (κ1) is 12.4. The fraction of sp³-hybridized carbons (Fsp3) is 0.667. The fourth-order valence-corrected chi connectivity index (χ4v) is 3.01. The van der Waals surface area contributed by atoms with Crippen LogP contribution in [0.25, 0.3) is 0 Å². The van der Waals surface area contributed by atoms with Gasteiger partial charge in [-0.05, 0) is 32.1 Å². The van der Waals surface area contributed by atoms with Crippen LogP contribution in [0.5, 0.6) is 0 Å². The lowest BCUT2D eigenvalue weighted by Gasteiger charge is -2.26. The van der Waals surface area contributed by atoms with Gasteiger partial charge in [-0.1, -0.05) is 24.7 Å². The zero-order valence-electron chi connectivity index (χ0n) is 10.1. The van der Waals surface area contributed by atoms with E-state index >= 15 is 0 Å². The van der Waals surface area contributed by atoms with Crippen molar-refractivity contribution in [3.63, 3.8) is 0 Å². The zero-order chi connectivity index (χ0) is 12.4. The quantitative estimate of drug-likeness (QED) is 0.826. The van der Waals surface area contributed by atoms with Gasteiger partial charge in [0, 0.05) is 5.69 Å². The number of rotatable bonds is 2. The van der Waals surface area contributed by atoms with Gasteiger partial charge in [0.2, 0.25) is 0 Å². The Labute approximate surface area is 104 Å². The summed E-state index contributed by atoms with van der Waals surface area (Å²) in [6, 6.07) is 0. The molecule has 5 heteroatoms. The number of nitrogens with one attached hydrogen (secondary N) is 1. The molecule has 1 fully saturated rings. The molecule has 17 heavy (non-hydrogen) atoms. The molecule has 1 saturated carbocycles. The Bertz CT molecular complexity index is 463. The maximum Gasteiger partial charge on any atom is 0.350 e. The predicted molar refractivity (Wildman–Crippen MR) is 66.5 cm³/mol. The van der Waals surface area contributed by atoms with E-state index in [9.17, 15) is 9.59 Å². The Morgan fingerprint density at radius 1 is 1.47 bits per heavy atom. The van der Waals surface area contributed by atoms with Gasteiger partial charge in [0.1, 0.15) is 11.0 Å². The second kappa shape index (κ2) is 5.04. The molecule has 94 valence electrons. The van der Waals surface area contributed by atoms with Crippen LogP contribution in [0.3, 0.4) is 0 Å².